The molecule has 0 heterocycles. The molecule has 0 radical (unpaired) electrons. The second-order valence-corrected chi connectivity index (χ2v) is 35.5. The molecule has 0 aliphatic carbocycles. The minimum Gasteiger partial charge on any atom is -0.464 e. The molecule has 4 atom stereocenters. The lowest BCUT2D eigenvalue weighted by atomic mass is 9.89. The molecular weight excluding hydrogens is 1610 g/mol. The first-order valence-corrected chi connectivity index (χ1v) is 37.3. The third kappa shape index (κ3) is 30.3. The highest BCUT2D eigenvalue weighted by molar-refractivity contribution is 5.87. The quantitative estimate of drug-likeness (QED) is 0.0163. The van der Waals surface area contributed by atoms with Gasteiger partial charge < -0.3 is 132 Å². The van der Waals surface area contributed by atoms with Crippen LogP contribution < -0.4 is 0 Å². The second kappa shape index (κ2) is 45.9. The van der Waals surface area contributed by atoms with Crippen molar-refractivity contribution in [2.24, 2.45) is 81.2 Å². The van der Waals surface area contributed by atoms with E-state index in [2.05, 4.69) is 0 Å². The lowest BCUT2D eigenvalue weighted by Crippen LogP contribution is -2.49. The fourth-order valence-electron chi connectivity index (χ4n) is 8.14. The van der Waals surface area contributed by atoms with Crippen LogP contribution in [0.5, 0.6) is 0 Å². The van der Waals surface area contributed by atoms with Crippen LogP contribution in [0.2, 0.25) is 0 Å². The fourth-order valence-corrected chi connectivity index (χ4v) is 8.14. The summed E-state index contributed by atoms with van der Waals surface area (Å²) < 4.78 is 82.3. The van der Waals surface area contributed by atoms with Crippen LogP contribution in [0.15, 0.2) is 0 Å². The van der Waals surface area contributed by atoms with E-state index in [0.29, 0.717) is 0 Å². The molecule has 4 unspecified atom stereocenters. The Balaban J connectivity index is 8.90. The van der Waals surface area contributed by atoms with Crippen molar-refractivity contribution in [1.29, 1.82) is 0 Å². The molecule has 0 saturated heterocycles. The SMILES string of the molecule is C#CCOC(=O)C(C)(COC(=O)C(C)(COC(=O)C(C)(COC(=O)C(C)(C)C)COC(=O)C(C)(CO)CO)COC(=O)C(C)(COC(=O)C(C)(CO)CO)COC(=O)C(C)(CO)CO)COC(=O)C(C)(COC(=O)C(C)(COC(=O)C(C)(C)C)COC(=O)C(C)(CO)CO)COC(=O)C(C)(COC(=O)C(C)(CO)CO)COC(=O)C(C)(CO)CO. The van der Waals surface area contributed by atoms with Crippen molar-refractivity contribution in [2.45, 2.75) is 132 Å². The Labute approximate surface area is 694 Å². The van der Waals surface area contributed by atoms with Crippen LogP contribution in [-0.4, -0.2) is 329 Å². The van der Waals surface area contributed by atoms with Gasteiger partial charge in [-0.2, -0.15) is 0 Å². The number of carbonyl (C=O) groups excluding carboxylic acids is 15. The van der Waals surface area contributed by atoms with Crippen molar-refractivity contribution in [3.8, 4) is 12.3 Å². The molecule has 0 saturated carbocycles. The van der Waals surface area contributed by atoms with Crippen LogP contribution in [0.1, 0.15) is 132 Å². The summed E-state index contributed by atoms with van der Waals surface area (Å²) in [6.45, 7) is -8.11. The maximum atomic E-state index is 15.2. The number of rotatable bonds is 54. The zero-order chi connectivity index (χ0) is 93.6. The van der Waals surface area contributed by atoms with Crippen molar-refractivity contribution >= 4 is 89.5 Å². The monoisotopic (exact) mass is 1730 g/mol. The molecule has 0 bridgehead atoms. The predicted octanol–water partition coefficient (Wildman–Crippen LogP) is -3.15. The van der Waals surface area contributed by atoms with E-state index in [-0.39, 0.29) is 0 Å². The van der Waals surface area contributed by atoms with Gasteiger partial charge >= 0.3 is 89.5 Å². The molecule has 0 aromatic rings. The van der Waals surface area contributed by atoms with Crippen molar-refractivity contribution in [2.75, 3.05) is 178 Å². The molecule has 12 N–H and O–H groups in total. The van der Waals surface area contributed by atoms with Gasteiger partial charge in [-0.3, -0.25) is 71.9 Å². The summed E-state index contributed by atoms with van der Waals surface area (Å²) in [5.74, 6) is -18.6. The summed E-state index contributed by atoms with van der Waals surface area (Å²) in [6.07, 6.45) is 5.45. The lowest BCUT2D eigenvalue weighted by molar-refractivity contribution is -0.189. The molecule has 42 heteroatoms. The number of hydrogen-bond acceptors (Lipinski definition) is 42. The topological polar surface area (TPSA) is 637 Å². The van der Waals surface area contributed by atoms with Crippen molar-refractivity contribution in [3.63, 3.8) is 0 Å². The molecule has 0 aromatic carbocycles. The molecule has 0 fully saturated rings. The zero-order valence-electron chi connectivity index (χ0n) is 71.8. The first-order valence-electron chi connectivity index (χ1n) is 37.3. The molecular formula is C78H124O42. The van der Waals surface area contributed by atoms with Gasteiger partial charge in [-0.05, 0) is 132 Å². The van der Waals surface area contributed by atoms with Gasteiger partial charge in [-0.25, -0.2) is 0 Å². The highest BCUT2D eigenvalue weighted by atomic mass is 16.6. The molecule has 0 aromatic heterocycles. The predicted molar refractivity (Wildman–Crippen MR) is 403 cm³/mol. The number of ether oxygens (including phenoxy) is 15. The van der Waals surface area contributed by atoms with Crippen molar-refractivity contribution in [3.05, 3.63) is 0 Å². The highest BCUT2D eigenvalue weighted by Gasteiger charge is 2.53. The Kier molecular flexibility index (Phi) is 42.5. The number of hydrogen-bond donors (Lipinski definition) is 12. The summed E-state index contributed by atoms with van der Waals surface area (Å²) in [5, 5.41) is 120. The highest BCUT2D eigenvalue weighted by Crippen LogP contribution is 2.36. The normalized spacial score (nSPS) is 15.0. The van der Waals surface area contributed by atoms with Crippen LogP contribution in [0.4, 0.5) is 0 Å². The van der Waals surface area contributed by atoms with Gasteiger partial charge in [0.1, 0.15) is 163 Å². The van der Waals surface area contributed by atoms with Gasteiger partial charge in [0, 0.05) is 0 Å². The summed E-state index contributed by atoms with van der Waals surface area (Å²) in [4.78, 5) is 210. The van der Waals surface area contributed by atoms with E-state index in [9.17, 15) is 124 Å². The van der Waals surface area contributed by atoms with E-state index in [0.717, 1.165) is 90.0 Å². The first-order chi connectivity index (χ1) is 55.0. The number of aliphatic hydroxyl groups excluding tert-OH is 12. The third-order valence-electron chi connectivity index (χ3n) is 19.4. The van der Waals surface area contributed by atoms with Crippen LogP contribution in [0.3, 0.4) is 0 Å². The van der Waals surface area contributed by atoms with Crippen LogP contribution in [0, 0.1) is 93.6 Å². The van der Waals surface area contributed by atoms with Crippen LogP contribution >= 0.6 is 0 Å². The van der Waals surface area contributed by atoms with E-state index >= 15 is 9.59 Å². The zero-order valence-corrected chi connectivity index (χ0v) is 71.8. The number of aliphatic hydroxyl groups is 12. The Morgan fingerprint density at radius 2 is 0.267 bits per heavy atom. The van der Waals surface area contributed by atoms with E-state index in [1.807, 2.05) is 5.92 Å². The number of terminal acetylenes is 1. The average molecular weight is 1730 g/mol. The van der Waals surface area contributed by atoms with E-state index < -0.39 is 349 Å². The minimum absolute atomic E-state index is 0.871. The maximum Gasteiger partial charge on any atom is 0.319 e. The van der Waals surface area contributed by atoms with Crippen LogP contribution in [0.25, 0.3) is 0 Å². The summed E-state index contributed by atoms with van der Waals surface area (Å²) in [7, 11) is 0. The Morgan fingerprint density at radius 3 is 0.358 bits per heavy atom. The largest absolute Gasteiger partial charge is 0.464 e. The second-order valence-electron chi connectivity index (χ2n) is 35.5. The van der Waals surface area contributed by atoms with Crippen LogP contribution in [-0.2, 0) is 143 Å². The van der Waals surface area contributed by atoms with E-state index in [1.165, 1.54) is 41.5 Å². The molecule has 0 aliphatic heterocycles. The molecule has 688 valence electrons. The standard InChI is InChI=1S/C78H124O42/c1-21-22-106-57(99)72(14,37-115-62(104)77(19,45-117-58(100)73(15,35-107-49(91)64(2,3)4)39-109-51(93)66(8,23-79)24-80)47-119-60(102)75(17,41-111-53(95)68(10,27-83)28-84)42-112-54(96)69(11,29-85)30-86)38-116-63(105)78(20,46-118-59(101)74(16,36-108-50(92)65(5,6)7)40-110-52(94)67(9,25-81)26-82)48-120-61(103)76(18,43-113-55(97)70(12,31-87)32-88)44-114-56(98)71(13,33-89)34-90/h1,79-90H,22-48H2,2-20H3. The smallest absolute Gasteiger partial charge is 0.319 e. The maximum absolute atomic E-state index is 15.2. The van der Waals surface area contributed by atoms with Gasteiger partial charge in [0.25, 0.3) is 0 Å². The number of carbonyl (C=O) groups is 15. The first kappa shape index (κ1) is 111. The Bertz CT molecular complexity index is 3280. The average Bonchev–Trinajstić information content (AvgIpc) is 0.811. The molecule has 42 nitrogen and oxygen atoms in total. The van der Waals surface area contributed by atoms with E-state index in [4.69, 9.17) is 77.5 Å². The van der Waals surface area contributed by atoms with Gasteiger partial charge in [0.2, 0.25) is 0 Å². The molecule has 0 spiro atoms. The van der Waals surface area contributed by atoms with Gasteiger partial charge in [0.05, 0.1) is 90.1 Å². The summed E-state index contributed by atoms with van der Waals surface area (Å²) >= 11 is 0. The molecule has 120 heavy (non-hydrogen) atoms. The fraction of sp³-hybridized carbons (Fsp3) is 0.782. The van der Waals surface area contributed by atoms with Gasteiger partial charge in [-0.1, -0.05) is 5.92 Å². The summed E-state index contributed by atoms with van der Waals surface area (Å²) in [5.41, 5.74) is -32.0. The molecule has 0 amide bonds. The minimum atomic E-state index is -2.67. The lowest BCUT2D eigenvalue weighted by Gasteiger charge is -2.35. The summed E-state index contributed by atoms with van der Waals surface area (Å²) in [6, 6.07) is 0. The number of esters is 15. The van der Waals surface area contributed by atoms with Gasteiger partial charge in [-0.15, -0.1) is 6.42 Å². The van der Waals surface area contributed by atoms with E-state index in [1.54, 1.807) is 0 Å². The third-order valence-corrected chi connectivity index (χ3v) is 19.4. The molecule has 0 rings (SSSR count). The Hall–Kier alpha value is -8.87. The molecule has 0 aliphatic rings. The van der Waals surface area contributed by atoms with Gasteiger partial charge in [0.15, 0.2) is 6.61 Å². The van der Waals surface area contributed by atoms with Crippen molar-refractivity contribution in [1.82, 2.24) is 0 Å². The Morgan fingerprint density at radius 1 is 0.175 bits per heavy atom. The van der Waals surface area contributed by atoms with Crippen molar-refractivity contribution < 1.29 is 204 Å².